The average Bonchev–Trinajstić information content (AvgIpc) is 2.77. The van der Waals surface area contributed by atoms with Gasteiger partial charge in [0.05, 0.1) is 14.2 Å². The highest BCUT2D eigenvalue weighted by Crippen LogP contribution is 2.34. The monoisotopic (exact) mass is 455 g/mol. The third-order valence-corrected chi connectivity index (χ3v) is 5.37. The summed E-state index contributed by atoms with van der Waals surface area (Å²) in [6.45, 7) is 2.13. The van der Waals surface area contributed by atoms with Crippen LogP contribution < -0.4 is 19.5 Å². The number of rotatable bonds is 10. The van der Waals surface area contributed by atoms with E-state index in [-0.39, 0.29) is 0 Å². The fraction of sp³-hybridized carbons (Fsp3) is 0.250. The van der Waals surface area contributed by atoms with Crippen molar-refractivity contribution in [3.63, 3.8) is 0 Å². The van der Waals surface area contributed by atoms with E-state index in [0.717, 1.165) is 52.4 Å². The van der Waals surface area contributed by atoms with Gasteiger partial charge >= 0.3 is 0 Å². The molecule has 0 bridgehead atoms. The van der Waals surface area contributed by atoms with Crippen molar-refractivity contribution in [1.29, 1.82) is 0 Å². The maximum Gasteiger partial charge on any atom is 0.162 e. The minimum atomic E-state index is 0.503. The van der Waals surface area contributed by atoms with Crippen LogP contribution in [0.25, 0.3) is 0 Å². The van der Waals surface area contributed by atoms with E-state index in [4.69, 9.17) is 14.2 Å². The Hall–Kier alpha value is -2.50. The van der Waals surface area contributed by atoms with Gasteiger partial charge in [0.1, 0.15) is 12.4 Å². The van der Waals surface area contributed by atoms with Crippen molar-refractivity contribution >= 4 is 15.9 Å². The van der Waals surface area contributed by atoms with Crippen LogP contribution in [-0.2, 0) is 19.6 Å². The molecule has 1 N–H and O–H groups in total. The predicted molar refractivity (Wildman–Crippen MR) is 120 cm³/mol. The lowest BCUT2D eigenvalue weighted by Crippen LogP contribution is -2.17. The molecular weight excluding hydrogens is 430 g/mol. The van der Waals surface area contributed by atoms with Gasteiger partial charge in [0.15, 0.2) is 11.5 Å². The second-order valence-corrected chi connectivity index (χ2v) is 7.50. The smallest absolute Gasteiger partial charge is 0.162 e. The SMILES string of the molecule is COc1ccc(CCNCc2cc(OC)c(OCc3ccccc3)cc2Br)cc1. The number of ether oxygens (including phenoxy) is 3. The number of methoxy groups -OCH3 is 2. The summed E-state index contributed by atoms with van der Waals surface area (Å²) in [5, 5.41) is 3.49. The number of nitrogens with one attached hydrogen (secondary N) is 1. The van der Waals surface area contributed by atoms with Gasteiger partial charge in [0, 0.05) is 11.0 Å². The van der Waals surface area contributed by atoms with Gasteiger partial charge in [-0.15, -0.1) is 0 Å². The van der Waals surface area contributed by atoms with Crippen molar-refractivity contribution in [3.05, 3.63) is 87.9 Å². The number of hydrogen-bond donors (Lipinski definition) is 1. The summed E-state index contributed by atoms with van der Waals surface area (Å²) in [7, 11) is 3.35. The first-order valence-electron chi connectivity index (χ1n) is 9.56. The van der Waals surface area contributed by atoms with E-state index in [2.05, 4.69) is 33.4 Å². The minimum absolute atomic E-state index is 0.503. The summed E-state index contributed by atoms with van der Waals surface area (Å²) in [4.78, 5) is 0. The van der Waals surface area contributed by atoms with Crippen LogP contribution in [0.4, 0.5) is 0 Å². The topological polar surface area (TPSA) is 39.7 Å². The first kappa shape index (κ1) is 21.2. The molecule has 3 aromatic rings. The molecule has 0 fully saturated rings. The molecule has 29 heavy (non-hydrogen) atoms. The van der Waals surface area contributed by atoms with Gasteiger partial charge < -0.3 is 19.5 Å². The van der Waals surface area contributed by atoms with E-state index < -0.39 is 0 Å². The third-order valence-electron chi connectivity index (χ3n) is 4.63. The molecule has 0 radical (unpaired) electrons. The summed E-state index contributed by atoms with van der Waals surface area (Å²) < 4.78 is 17.7. The Labute approximate surface area is 180 Å². The molecule has 0 amide bonds. The molecule has 5 heteroatoms. The highest BCUT2D eigenvalue weighted by molar-refractivity contribution is 9.10. The Morgan fingerprint density at radius 2 is 1.59 bits per heavy atom. The molecule has 4 nitrogen and oxygen atoms in total. The van der Waals surface area contributed by atoms with Crippen LogP contribution in [0.2, 0.25) is 0 Å². The molecule has 0 heterocycles. The van der Waals surface area contributed by atoms with Crippen molar-refractivity contribution in [2.24, 2.45) is 0 Å². The largest absolute Gasteiger partial charge is 0.497 e. The maximum atomic E-state index is 5.97. The van der Waals surface area contributed by atoms with Crippen molar-refractivity contribution in [1.82, 2.24) is 5.32 Å². The maximum absolute atomic E-state index is 5.97. The lowest BCUT2D eigenvalue weighted by Gasteiger charge is -2.14. The van der Waals surface area contributed by atoms with Crippen LogP contribution in [0.3, 0.4) is 0 Å². The van der Waals surface area contributed by atoms with Gasteiger partial charge in [-0.25, -0.2) is 0 Å². The molecule has 3 aromatic carbocycles. The van der Waals surface area contributed by atoms with Crippen molar-refractivity contribution < 1.29 is 14.2 Å². The zero-order chi connectivity index (χ0) is 20.5. The molecule has 0 aliphatic carbocycles. The molecule has 152 valence electrons. The second-order valence-electron chi connectivity index (χ2n) is 6.64. The van der Waals surface area contributed by atoms with Gasteiger partial charge in [0.2, 0.25) is 0 Å². The van der Waals surface area contributed by atoms with Crippen LogP contribution in [0, 0.1) is 0 Å². The van der Waals surface area contributed by atoms with Crippen molar-refractivity contribution in [3.8, 4) is 17.2 Å². The summed E-state index contributed by atoms with van der Waals surface area (Å²) in [5.41, 5.74) is 3.53. The Kier molecular flexibility index (Phi) is 7.96. The fourth-order valence-corrected chi connectivity index (χ4v) is 3.43. The fourth-order valence-electron chi connectivity index (χ4n) is 2.97. The van der Waals surface area contributed by atoms with E-state index in [0.29, 0.717) is 6.61 Å². The predicted octanol–water partition coefficient (Wildman–Crippen LogP) is 5.38. The Morgan fingerprint density at radius 1 is 0.828 bits per heavy atom. The molecule has 0 saturated carbocycles. The second kappa shape index (κ2) is 10.9. The van der Waals surface area contributed by atoms with Gasteiger partial charge in [-0.1, -0.05) is 58.4 Å². The van der Waals surface area contributed by atoms with Gasteiger partial charge in [-0.05, 0) is 53.9 Å². The normalized spacial score (nSPS) is 10.6. The van der Waals surface area contributed by atoms with E-state index in [1.807, 2.05) is 54.6 Å². The van der Waals surface area contributed by atoms with Crippen molar-refractivity contribution in [2.75, 3.05) is 20.8 Å². The minimum Gasteiger partial charge on any atom is -0.497 e. The van der Waals surface area contributed by atoms with Crippen LogP contribution >= 0.6 is 15.9 Å². The van der Waals surface area contributed by atoms with Crippen molar-refractivity contribution in [2.45, 2.75) is 19.6 Å². The number of hydrogen-bond acceptors (Lipinski definition) is 4. The average molecular weight is 456 g/mol. The van der Waals surface area contributed by atoms with Crippen LogP contribution in [0.15, 0.2) is 71.2 Å². The molecule has 0 atom stereocenters. The Bertz CT molecular complexity index is 898. The quantitative estimate of drug-likeness (QED) is 0.416. The van der Waals surface area contributed by atoms with Crippen LogP contribution in [0.1, 0.15) is 16.7 Å². The van der Waals surface area contributed by atoms with Gasteiger partial charge in [0.25, 0.3) is 0 Å². The summed E-state index contributed by atoms with van der Waals surface area (Å²) in [6.07, 6.45) is 0.955. The summed E-state index contributed by atoms with van der Waals surface area (Å²) >= 11 is 3.66. The van der Waals surface area contributed by atoms with E-state index in [1.54, 1.807) is 14.2 Å². The van der Waals surface area contributed by atoms with Gasteiger partial charge in [-0.3, -0.25) is 0 Å². The number of benzene rings is 3. The summed E-state index contributed by atoms with van der Waals surface area (Å²) in [6, 6.07) is 22.3. The first-order valence-corrected chi connectivity index (χ1v) is 10.4. The highest BCUT2D eigenvalue weighted by Gasteiger charge is 2.10. The molecule has 0 unspecified atom stereocenters. The molecule has 0 spiro atoms. The zero-order valence-corrected chi connectivity index (χ0v) is 18.4. The molecule has 0 aliphatic rings. The highest BCUT2D eigenvalue weighted by atomic mass is 79.9. The van der Waals surface area contributed by atoms with E-state index in [9.17, 15) is 0 Å². The van der Waals surface area contributed by atoms with E-state index >= 15 is 0 Å². The molecule has 3 rings (SSSR count). The lowest BCUT2D eigenvalue weighted by atomic mass is 10.1. The third kappa shape index (κ3) is 6.24. The molecular formula is C24H26BrNO3. The standard InChI is InChI=1S/C24H26BrNO3/c1-27-21-10-8-18(9-11-21)12-13-26-16-20-14-23(28-2)24(15-22(20)25)29-17-19-6-4-3-5-7-19/h3-11,14-15,26H,12-13,16-17H2,1-2H3. The molecule has 0 aliphatic heterocycles. The number of halogens is 1. The molecule has 0 saturated heterocycles. The summed E-state index contributed by atoms with van der Waals surface area (Å²) in [5.74, 6) is 2.34. The lowest BCUT2D eigenvalue weighted by molar-refractivity contribution is 0.284. The van der Waals surface area contributed by atoms with E-state index in [1.165, 1.54) is 5.56 Å². The zero-order valence-electron chi connectivity index (χ0n) is 16.8. The Morgan fingerprint density at radius 3 is 2.28 bits per heavy atom. The first-order chi connectivity index (χ1) is 14.2. The van der Waals surface area contributed by atoms with Crippen LogP contribution in [0.5, 0.6) is 17.2 Å². The Balaban J connectivity index is 1.55. The van der Waals surface area contributed by atoms with Crippen LogP contribution in [-0.4, -0.2) is 20.8 Å². The van der Waals surface area contributed by atoms with Gasteiger partial charge in [-0.2, -0.15) is 0 Å². The molecule has 0 aromatic heterocycles.